The van der Waals surface area contributed by atoms with Crippen LogP contribution in [0.15, 0.2) is 0 Å². The van der Waals surface area contributed by atoms with Crippen LogP contribution in [0.4, 0.5) is 4.79 Å². The van der Waals surface area contributed by atoms with Crippen LogP contribution in [0.1, 0.15) is 32.6 Å². The molecule has 0 bridgehead atoms. The largest absolute Gasteiger partial charge is 0.324 e. The maximum atomic E-state index is 11.5. The second-order valence-electron chi connectivity index (χ2n) is 4.72. The molecule has 1 heterocycles. The van der Waals surface area contributed by atoms with Gasteiger partial charge in [-0.3, -0.25) is 10.1 Å². The summed E-state index contributed by atoms with van der Waals surface area (Å²) >= 11 is 0. The molecule has 0 spiro atoms. The van der Waals surface area contributed by atoms with Crippen molar-refractivity contribution >= 4 is 11.9 Å². The summed E-state index contributed by atoms with van der Waals surface area (Å²) in [6, 6.07) is -0.203. The van der Waals surface area contributed by atoms with Crippen LogP contribution >= 0.6 is 0 Å². The van der Waals surface area contributed by atoms with Gasteiger partial charge in [0.2, 0.25) is 5.91 Å². The van der Waals surface area contributed by atoms with Crippen LogP contribution < -0.4 is 5.32 Å². The van der Waals surface area contributed by atoms with E-state index in [9.17, 15) is 9.59 Å². The van der Waals surface area contributed by atoms with Crippen LogP contribution in [0.5, 0.6) is 0 Å². The van der Waals surface area contributed by atoms with Gasteiger partial charge in [-0.2, -0.15) is 0 Å². The Bertz CT molecular complexity index is 278. The molecule has 4 heteroatoms. The van der Waals surface area contributed by atoms with Crippen molar-refractivity contribution in [3.8, 4) is 0 Å². The van der Waals surface area contributed by atoms with Gasteiger partial charge in [-0.15, -0.1) is 0 Å². The van der Waals surface area contributed by atoms with Crippen LogP contribution in [0.25, 0.3) is 0 Å². The average Bonchev–Trinajstić information content (AvgIpc) is 2.57. The molecule has 84 valence electrons. The molecule has 15 heavy (non-hydrogen) atoms. The highest BCUT2D eigenvalue weighted by molar-refractivity contribution is 5.96. The van der Waals surface area contributed by atoms with Crippen LogP contribution in [-0.2, 0) is 4.79 Å². The van der Waals surface area contributed by atoms with Gasteiger partial charge < -0.3 is 4.90 Å². The first-order valence-electron chi connectivity index (χ1n) is 5.75. The fourth-order valence-corrected chi connectivity index (χ4v) is 2.55. The summed E-state index contributed by atoms with van der Waals surface area (Å²) in [7, 11) is 0. The van der Waals surface area contributed by atoms with E-state index in [1.165, 1.54) is 19.3 Å². The zero-order valence-electron chi connectivity index (χ0n) is 9.16. The quantitative estimate of drug-likeness (QED) is 0.748. The van der Waals surface area contributed by atoms with Crippen molar-refractivity contribution in [1.29, 1.82) is 0 Å². The number of hydrogen-bond donors (Lipinski definition) is 1. The fourth-order valence-electron chi connectivity index (χ4n) is 2.55. The van der Waals surface area contributed by atoms with E-state index in [0.717, 1.165) is 12.5 Å². The number of hydrogen-bond acceptors (Lipinski definition) is 2. The van der Waals surface area contributed by atoms with Gasteiger partial charge in [-0.25, -0.2) is 4.79 Å². The SMILES string of the molecule is CC1CCCC1CN1CCC(=O)NC1=O. The molecule has 1 saturated carbocycles. The highest BCUT2D eigenvalue weighted by Gasteiger charge is 2.29. The Kier molecular flexibility index (Phi) is 2.93. The summed E-state index contributed by atoms with van der Waals surface area (Å²) in [6.45, 7) is 3.67. The molecular weight excluding hydrogens is 192 g/mol. The van der Waals surface area contributed by atoms with Crippen molar-refractivity contribution in [2.24, 2.45) is 11.8 Å². The van der Waals surface area contributed by atoms with Crippen molar-refractivity contribution < 1.29 is 9.59 Å². The predicted molar refractivity (Wildman–Crippen MR) is 56.2 cm³/mol. The molecule has 3 amide bonds. The molecule has 1 aliphatic heterocycles. The zero-order valence-corrected chi connectivity index (χ0v) is 9.16. The first kappa shape index (κ1) is 10.5. The monoisotopic (exact) mass is 210 g/mol. The van der Waals surface area contributed by atoms with E-state index < -0.39 is 0 Å². The Morgan fingerprint density at radius 3 is 2.80 bits per heavy atom. The van der Waals surface area contributed by atoms with E-state index in [0.29, 0.717) is 18.9 Å². The fraction of sp³-hybridized carbons (Fsp3) is 0.818. The second-order valence-corrected chi connectivity index (χ2v) is 4.72. The van der Waals surface area contributed by atoms with Gasteiger partial charge >= 0.3 is 6.03 Å². The summed E-state index contributed by atoms with van der Waals surface area (Å²) in [5.41, 5.74) is 0. The van der Waals surface area contributed by atoms with Gasteiger partial charge in [0.05, 0.1) is 0 Å². The Labute approximate surface area is 90.0 Å². The zero-order chi connectivity index (χ0) is 10.8. The lowest BCUT2D eigenvalue weighted by Gasteiger charge is -2.30. The molecule has 1 N–H and O–H groups in total. The number of urea groups is 1. The van der Waals surface area contributed by atoms with E-state index in [1.54, 1.807) is 4.90 Å². The van der Waals surface area contributed by atoms with Crippen LogP contribution in [0.2, 0.25) is 0 Å². The Morgan fingerprint density at radius 1 is 1.40 bits per heavy atom. The second kappa shape index (κ2) is 4.21. The van der Waals surface area contributed by atoms with Gasteiger partial charge in [0.1, 0.15) is 0 Å². The topological polar surface area (TPSA) is 49.4 Å². The predicted octanol–water partition coefficient (Wildman–Crippen LogP) is 1.36. The number of carbonyl (C=O) groups is 2. The highest BCUT2D eigenvalue weighted by Crippen LogP contribution is 2.31. The maximum absolute atomic E-state index is 11.5. The lowest BCUT2D eigenvalue weighted by molar-refractivity contribution is -0.121. The van der Waals surface area contributed by atoms with Crippen molar-refractivity contribution in [2.45, 2.75) is 32.6 Å². The third kappa shape index (κ3) is 2.30. The highest BCUT2D eigenvalue weighted by atomic mass is 16.2. The van der Waals surface area contributed by atoms with E-state index in [2.05, 4.69) is 12.2 Å². The van der Waals surface area contributed by atoms with E-state index in [4.69, 9.17) is 0 Å². The minimum Gasteiger partial charge on any atom is -0.324 e. The van der Waals surface area contributed by atoms with Crippen LogP contribution in [0.3, 0.4) is 0 Å². The minimum atomic E-state index is -0.203. The van der Waals surface area contributed by atoms with Crippen LogP contribution in [0, 0.1) is 11.8 Å². The summed E-state index contributed by atoms with van der Waals surface area (Å²) in [5, 5.41) is 2.37. The molecule has 4 nitrogen and oxygen atoms in total. The van der Waals surface area contributed by atoms with Crippen molar-refractivity contribution in [3.05, 3.63) is 0 Å². The summed E-state index contributed by atoms with van der Waals surface area (Å²) in [4.78, 5) is 24.2. The molecule has 1 saturated heterocycles. The molecule has 0 aromatic heterocycles. The molecular formula is C11H18N2O2. The maximum Gasteiger partial charge on any atom is 0.324 e. The van der Waals surface area contributed by atoms with Gasteiger partial charge in [-0.05, 0) is 18.3 Å². The molecule has 0 aromatic rings. The number of nitrogens with zero attached hydrogens (tertiary/aromatic N) is 1. The summed E-state index contributed by atoms with van der Waals surface area (Å²) in [5.74, 6) is 1.20. The number of rotatable bonds is 2. The lowest BCUT2D eigenvalue weighted by Crippen LogP contribution is -2.51. The molecule has 2 rings (SSSR count). The normalized spacial score (nSPS) is 31.9. The van der Waals surface area contributed by atoms with Gasteiger partial charge in [0, 0.05) is 19.5 Å². The van der Waals surface area contributed by atoms with E-state index in [-0.39, 0.29) is 11.9 Å². The smallest absolute Gasteiger partial charge is 0.324 e. The van der Waals surface area contributed by atoms with Crippen molar-refractivity contribution in [1.82, 2.24) is 10.2 Å². The number of carbonyl (C=O) groups excluding carboxylic acids is 2. The van der Waals surface area contributed by atoms with E-state index in [1.807, 2.05) is 0 Å². The first-order chi connectivity index (χ1) is 7.16. The molecule has 2 unspecified atom stereocenters. The van der Waals surface area contributed by atoms with E-state index >= 15 is 0 Å². The van der Waals surface area contributed by atoms with Gasteiger partial charge in [0.25, 0.3) is 0 Å². The van der Waals surface area contributed by atoms with Gasteiger partial charge in [-0.1, -0.05) is 19.8 Å². The van der Waals surface area contributed by atoms with Crippen molar-refractivity contribution in [2.75, 3.05) is 13.1 Å². The Morgan fingerprint density at radius 2 is 2.20 bits per heavy atom. The molecule has 0 aromatic carbocycles. The molecule has 2 atom stereocenters. The minimum absolute atomic E-state index is 0.143. The molecule has 2 aliphatic rings. The molecule has 0 radical (unpaired) electrons. The number of imide groups is 1. The first-order valence-corrected chi connectivity index (χ1v) is 5.75. The molecule has 1 aliphatic carbocycles. The summed E-state index contributed by atoms with van der Waals surface area (Å²) < 4.78 is 0. The Hall–Kier alpha value is -1.06. The average molecular weight is 210 g/mol. The molecule has 2 fully saturated rings. The lowest BCUT2D eigenvalue weighted by atomic mass is 9.97. The standard InChI is InChI=1S/C11H18N2O2/c1-8-3-2-4-9(8)7-13-6-5-10(14)12-11(13)15/h8-9H,2-7H2,1H3,(H,12,14,15). The number of amides is 3. The van der Waals surface area contributed by atoms with Crippen molar-refractivity contribution in [3.63, 3.8) is 0 Å². The third-order valence-electron chi connectivity index (χ3n) is 3.64. The summed E-state index contributed by atoms with van der Waals surface area (Å²) in [6.07, 6.45) is 4.23. The third-order valence-corrected chi connectivity index (χ3v) is 3.64. The van der Waals surface area contributed by atoms with Gasteiger partial charge in [0.15, 0.2) is 0 Å². The number of nitrogens with one attached hydrogen (secondary N) is 1. The Balaban J connectivity index is 1.88. The van der Waals surface area contributed by atoms with Crippen LogP contribution in [-0.4, -0.2) is 29.9 Å².